The van der Waals surface area contributed by atoms with Crippen LogP contribution in [0.25, 0.3) is 0 Å². The first-order valence-electron chi connectivity index (χ1n) is 7.50. The van der Waals surface area contributed by atoms with Gasteiger partial charge >= 0.3 is 0 Å². The highest BCUT2D eigenvalue weighted by Crippen LogP contribution is 2.23. The Morgan fingerprint density at radius 2 is 2.10 bits per heavy atom. The number of nitrogens with zero attached hydrogens (tertiary/aromatic N) is 3. The van der Waals surface area contributed by atoms with Gasteiger partial charge in [0.1, 0.15) is 0 Å². The smallest absolute Gasteiger partial charge is 0.240 e. The maximum atomic E-state index is 12.6. The molecule has 112 valence electrons. The Morgan fingerprint density at radius 1 is 1.45 bits per heavy atom. The number of aromatic nitrogens is 2. The molecule has 5 heteroatoms. The number of nitrogens with one attached hydrogen (secondary N) is 1. The highest BCUT2D eigenvalue weighted by Gasteiger charge is 2.37. The van der Waals surface area contributed by atoms with E-state index >= 15 is 0 Å². The summed E-state index contributed by atoms with van der Waals surface area (Å²) in [5.74, 6) is 0.104. The minimum absolute atomic E-state index is 0.0249. The summed E-state index contributed by atoms with van der Waals surface area (Å²) >= 11 is 0. The third kappa shape index (κ3) is 2.87. The number of hydrogen-bond acceptors (Lipinski definition) is 3. The van der Waals surface area contributed by atoms with Crippen LogP contribution >= 0.6 is 0 Å². The van der Waals surface area contributed by atoms with E-state index in [0.717, 1.165) is 25.2 Å². The summed E-state index contributed by atoms with van der Waals surface area (Å²) in [6, 6.07) is 1.99. The van der Waals surface area contributed by atoms with Crippen LogP contribution in [-0.4, -0.2) is 39.2 Å². The van der Waals surface area contributed by atoms with Crippen LogP contribution in [0, 0.1) is 0 Å². The van der Waals surface area contributed by atoms with Crippen LogP contribution < -0.4 is 5.32 Å². The number of rotatable bonds is 5. The second-order valence-electron chi connectivity index (χ2n) is 6.07. The average molecular weight is 278 g/mol. The highest BCUT2D eigenvalue weighted by molar-refractivity contribution is 5.85. The molecule has 1 unspecified atom stereocenters. The molecule has 1 aliphatic heterocycles. The molecule has 1 aromatic rings. The summed E-state index contributed by atoms with van der Waals surface area (Å²) in [7, 11) is 1.91. The van der Waals surface area contributed by atoms with Crippen molar-refractivity contribution in [1.82, 2.24) is 20.0 Å². The summed E-state index contributed by atoms with van der Waals surface area (Å²) in [6.45, 7) is 8.15. The summed E-state index contributed by atoms with van der Waals surface area (Å²) in [4.78, 5) is 14.9. The minimum Gasteiger partial charge on any atom is -0.346 e. The molecule has 5 nitrogen and oxygen atoms in total. The summed E-state index contributed by atoms with van der Waals surface area (Å²) in [5, 5.41) is 7.37. The van der Waals surface area contributed by atoms with Gasteiger partial charge in [0.25, 0.3) is 0 Å². The Morgan fingerprint density at radius 3 is 2.60 bits per heavy atom. The molecular formula is C15H26N4O. The minimum atomic E-state index is -0.442. The molecule has 0 radical (unpaired) electrons. The molecule has 1 amide bonds. The van der Waals surface area contributed by atoms with Crippen molar-refractivity contribution in [2.75, 3.05) is 13.1 Å². The van der Waals surface area contributed by atoms with Crippen molar-refractivity contribution in [3.8, 4) is 0 Å². The summed E-state index contributed by atoms with van der Waals surface area (Å²) in [5.41, 5.74) is 0.612. The first-order chi connectivity index (χ1) is 9.46. The van der Waals surface area contributed by atoms with Crippen molar-refractivity contribution in [3.63, 3.8) is 0 Å². The third-order valence-electron chi connectivity index (χ3n) is 4.38. The Labute approximate surface area is 121 Å². The molecule has 0 bridgehead atoms. The van der Waals surface area contributed by atoms with Gasteiger partial charge in [-0.2, -0.15) is 5.10 Å². The maximum absolute atomic E-state index is 12.6. The van der Waals surface area contributed by atoms with Crippen molar-refractivity contribution < 1.29 is 4.79 Å². The van der Waals surface area contributed by atoms with Crippen LogP contribution in [0.1, 0.15) is 51.8 Å². The molecule has 1 aromatic heterocycles. The van der Waals surface area contributed by atoms with Crippen molar-refractivity contribution in [2.45, 2.75) is 51.6 Å². The molecule has 0 spiro atoms. The first-order valence-corrected chi connectivity index (χ1v) is 7.50. The number of aryl methyl sites for hydroxylation is 1. The van der Waals surface area contributed by atoms with Crippen LogP contribution in [0.5, 0.6) is 0 Å². The number of hydrogen-bond donors (Lipinski definition) is 1. The lowest BCUT2D eigenvalue weighted by molar-refractivity contribution is -0.132. The van der Waals surface area contributed by atoms with Crippen molar-refractivity contribution >= 4 is 5.91 Å². The van der Waals surface area contributed by atoms with Crippen LogP contribution in [0.2, 0.25) is 0 Å². The van der Waals surface area contributed by atoms with Crippen LogP contribution in [0.3, 0.4) is 0 Å². The zero-order chi connectivity index (χ0) is 14.8. The lowest BCUT2D eigenvalue weighted by Crippen LogP contribution is -2.54. The molecule has 0 aromatic carbocycles. The van der Waals surface area contributed by atoms with Gasteiger partial charge in [0, 0.05) is 13.2 Å². The highest BCUT2D eigenvalue weighted by atomic mass is 16.2. The topological polar surface area (TPSA) is 50.2 Å². The van der Waals surface area contributed by atoms with Crippen molar-refractivity contribution in [2.24, 2.45) is 7.05 Å². The van der Waals surface area contributed by atoms with E-state index in [1.165, 1.54) is 12.8 Å². The average Bonchev–Trinajstić information content (AvgIpc) is 3.07. The van der Waals surface area contributed by atoms with Gasteiger partial charge in [0.05, 0.1) is 17.3 Å². The normalized spacial score (nSPS) is 18.2. The fourth-order valence-corrected chi connectivity index (χ4v) is 2.87. The van der Waals surface area contributed by atoms with Gasteiger partial charge in [-0.05, 0) is 52.3 Å². The van der Waals surface area contributed by atoms with E-state index in [4.69, 9.17) is 0 Å². The molecule has 1 atom stereocenters. The molecule has 2 heterocycles. The van der Waals surface area contributed by atoms with Crippen LogP contribution in [-0.2, 0) is 11.8 Å². The molecule has 1 saturated heterocycles. The number of amides is 1. The van der Waals surface area contributed by atoms with E-state index in [1.807, 2.05) is 31.6 Å². The van der Waals surface area contributed by atoms with Crippen molar-refractivity contribution in [1.29, 1.82) is 0 Å². The SMILES string of the molecule is CCC(NC(=O)C(C)(C)N1CCCC1)c1ccnn1C. The van der Waals surface area contributed by atoms with Gasteiger partial charge < -0.3 is 5.32 Å². The fraction of sp³-hybridized carbons (Fsp3) is 0.733. The number of carbonyl (C=O) groups is 1. The van der Waals surface area contributed by atoms with E-state index in [9.17, 15) is 4.79 Å². The van der Waals surface area contributed by atoms with Gasteiger partial charge in [-0.15, -0.1) is 0 Å². The lowest BCUT2D eigenvalue weighted by atomic mass is 10.0. The zero-order valence-corrected chi connectivity index (χ0v) is 13.0. The van der Waals surface area contributed by atoms with Gasteiger partial charge in [0.15, 0.2) is 0 Å². The monoisotopic (exact) mass is 278 g/mol. The molecule has 1 fully saturated rings. The van der Waals surface area contributed by atoms with Crippen molar-refractivity contribution in [3.05, 3.63) is 18.0 Å². The molecule has 20 heavy (non-hydrogen) atoms. The zero-order valence-electron chi connectivity index (χ0n) is 13.0. The van der Waals surface area contributed by atoms with E-state index < -0.39 is 5.54 Å². The van der Waals surface area contributed by atoms with E-state index in [-0.39, 0.29) is 11.9 Å². The third-order valence-corrected chi connectivity index (χ3v) is 4.38. The van der Waals surface area contributed by atoms with Gasteiger partial charge in [-0.3, -0.25) is 14.4 Å². The predicted octanol–water partition coefficient (Wildman–Crippen LogP) is 1.86. The lowest BCUT2D eigenvalue weighted by Gasteiger charge is -2.35. The van der Waals surface area contributed by atoms with Gasteiger partial charge in [-0.25, -0.2) is 0 Å². The molecule has 1 N–H and O–H groups in total. The summed E-state index contributed by atoms with van der Waals surface area (Å²) in [6.07, 6.45) is 5.02. The Balaban J connectivity index is 2.07. The van der Waals surface area contributed by atoms with Gasteiger partial charge in [0.2, 0.25) is 5.91 Å². The van der Waals surface area contributed by atoms with Crippen LogP contribution in [0.4, 0.5) is 0 Å². The van der Waals surface area contributed by atoms with E-state index in [2.05, 4.69) is 22.2 Å². The van der Waals surface area contributed by atoms with E-state index in [0.29, 0.717) is 0 Å². The quantitative estimate of drug-likeness (QED) is 0.894. The Hall–Kier alpha value is -1.36. The first kappa shape index (κ1) is 15.0. The van der Waals surface area contributed by atoms with Crippen LogP contribution in [0.15, 0.2) is 12.3 Å². The number of carbonyl (C=O) groups excluding carboxylic acids is 1. The maximum Gasteiger partial charge on any atom is 0.240 e. The molecule has 0 aliphatic carbocycles. The molecule has 2 rings (SSSR count). The van der Waals surface area contributed by atoms with Gasteiger partial charge in [-0.1, -0.05) is 6.92 Å². The standard InChI is InChI=1S/C15H26N4O/c1-5-12(13-8-9-16-18(13)4)17-14(20)15(2,3)19-10-6-7-11-19/h8-9,12H,5-7,10-11H2,1-4H3,(H,17,20). The molecular weight excluding hydrogens is 252 g/mol. The second kappa shape index (κ2) is 5.95. The molecule has 1 aliphatic rings. The predicted molar refractivity (Wildman–Crippen MR) is 79.3 cm³/mol. The Bertz CT molecular complexity index is 460. The second-order valence-corrected chi connectivity index (χ2v) is 6.07. The molecule has 0 saturated carbocycles. The summed E-state index contributed by atoms with van der Waals surface area (Å²) < 4.78 is 1.83. The fourth-order valence-electron chi connectivity index (χ4n) is 2.87. The van der Waals surface area contributed by atoms with E-state index in [1.54, 1.807) is 6.20 Å². The number of likely N-dealkylation sites (tertiary alicyclic amines) is 1. The Kier molecular flexibility index (Phi) is 4.48. The largest absolute Gasteiger partial charge is 0.346 e.